The lowest BCUT2D eigenvalue weighted by Gasteiger charge is -2.24. The van der Waals surface area contributed by atoms with E-state index in [2.05, 4.69) is 0 Å². The van der Waals surface area contributed by atoms with Gasteiger partial charge in [-0.05, 0) is 38.0 Å². The van der Waals surface area contributed by atoms with Crippen LogP contribution >= 0.6 is 0 Å². The lowest BCUT2D eigenvalue weighted by molar-refractivity contribution is -0.145. The van der Waals surface area contributed by atoms with Crippen LogP contribution in [-0.4, -0.2) is 12.1 Å². The topological polar surface area (TPSA) is 26.3 Å². The number of carbonyl (C=O) groups is 1. The SMILES string of the molecule is C/C=C/C(=O)O[C@H]1CCC[C@@H]1C1CCCC1. The Labute approximate surface area is 98.1 Å². The van der Waals surface area contributed by atoms with Crippen LogP contribution in [0.1, 0.15) is 51.9 Å². The smallest absolute Gasteiger partial charge is 0.330 e. The Morgan fingerprint density at radius 3 is 2.56 bits per heavy atom. The van der Waals surface area contributed by atoms with Gasteiger partial charge < -0.3 is 4.74 Å². The van der Waals surface area contributed by atoms with Crippen LogP contribution in [0.5, 0.6) is 0 Å². The Morgan fingerprint density at radius 2 is 1.88 bits per heavy atom. The first kappa shape index (κ1) is 11.7. The predicted molar refractivity (Wildman–Crippen MR) is 64.0 cm³/mol. The minimum Gasteiger partial charge on any atom is -0.459 e. The average Bonchev–Trinajstić information content (AvgIpc) is 2.86. The first-order chi connectivity index (χ1) is 7.81. The maximum Gasteiger partial charge on any atom is 0.330 e. The van der Waals surface area contributed by atoms with E-state index in [1.54, 1.807) is 6.08 Å². The zero-order valence-electron chi connectivity index (χ0n) is 10.2. The van der Waals surface area contributed by atoms with Crippen molar-refractivity contribution in [1.29, 1.82) is 0 Å². The van der Waals surface area contributed by atoms with Gasteiger partial charge in [-0.2, -0.15) is 0 Å². The summed E-state index contributed by atoms with van der Waals surface area (Å²) in [6, 6.07) is 0. The molecule has 0 bridgehead atoms. The van der Waals surface area contributed by atoms with Gasteiger partial charge in [-0.15, -0.1) is 0 Å². The van der Waals surface area contributed by atoms with Gasteiger partial charge in [0.25, 0.3) is 0 Å². The van der Waals surface area contributed by atoms with Gasteiger partial charge >= 0.3 is 5.97 Å². The molecule has 2 atom stereocenters. The maximum absolute atomic E-state index is 11.5. The third-order valence-corrected chi connectivity index (χ3v) is 4.08. The van der Waals surface area contributed by atoms with E-state index in [-0.39, 0.29) is 12.1 Å². The highest BCUT2D eigenvalue weighted by atomic mass is 16.5. The lowest BCUT2D eigenvalue weighted by atomic mass is 9.88. The van der Waals surface area contributed by atoms with Crippen molar-refractivity contribution in [2.75, 3.05) is 0 Å². The van der Waals surface area contributed by atoms with E-state index in [1.165, 1.54) is 44.6 Å². The van der Waals surface area contributed by atoms with Crippen LogP contribution < -0.4 is 0 Å². The van der Waals surface area contributed by atoms with Crippen LogP contribution in [0.15, 0.2) is 12.2 Å². The Hall–Kier alpha value is -0.790. The molecule has 2 nitrogen and oxygen atoms in total. The van der Waals surface area contributed by atoms with Crippen molar-refractivity contribution in [2.45, 2.75) is 58.0 Å². The molecule has 0 N–H and O–H groups in total. The van der Waals surface area contributed by atoms with Gasteiger partial charge in [-0.25, -0.2) is 4.79 Å². The molecular weight excluding hydrogens is 200 g/mol. The Bertz CT molecular complexity index is 264. The molecule has 90 valence electrons. The fraction of sp³-hybridized carbons (Fsp3) is 0.786. The normalized spacial score (nSPS) is 31.3. The van der Waals surface area contributed by atoms with Gasteiger partial charge in [-0.3, -0.25) is 0 Å². The summed E-state index contributed by atoms with van der Waals surface area (Å²) in [4.78, 5) is 11.5. The fourth-order valence-electron chi connectivity index (χ4n) is 3.35. The summed E-state index contributed by atoms with van der Waals surface area (Å²) in [5.74, 6) is 1.32. The molecule has 0 amide bonds. The number of rotatable bonds is 3. The quantitative estimate of drug-likeness (QED) is 0.540. The molecule has 2 fully saturated rings. The summed E-state index contributed by atoms with van der Waals surface area (Å²) in [7, 11) is 0. The second-order valence-electron chi connectivity index (χ2n) is 5.11. The highest BCUT2D eigenvalue weighted by Gasteiger charge is 2.36. The molecule has 0 unspecified atom stereocenters. The van der Waals surface area contributed by atoms with Gasteiger partial charge in [0.15, 0.2) is 0 Å². The maximum atomic E-state index is 11.5. The highest BCUT2D eigenvalue weighted by Crippen LogP contribution is 2.41. The van der Waals surface area contributed by atoms with Crippen molar-refractivity contribution in [1.82, 2.24) is 0 Å². The molecular formula is C14H22O2. The molecule has 0 spiro atoms. The first-order valence-corrected chi connectivity index (χ1v) is 6.64. The fourth-order valence-corrected chi connectivity index (χ4v) is 3.35. The molecule has 0 radical (unpaired) electrons. The largest absolute Gasteiger partial charge is 0.459 e. The molecule has 2 rings (SSSR count). The molecule has 0 aliphatic heterocycles. The molecule has 16 heavy (non-hydrogen) atoms. The van der Waals surface area contributed by atoms with Crippen LogP contribution in [-0.2, 0) is 9.53 Å². The van der Waals surface area contributed by atoms with Gasteiger partial charge in [0, 0.05) is 6.08 Å². The van der Waals surface area contributed by atoms with Crippen molar-refractivity contribution in [2.24, 2.45) is 11.8 Å². The zero-order chi connectivity index (χ0) is 11.4. The highest BCUT2D eigenvalue weighted by molar-refractivity contribution is 5.81. The van der Waals surface area contributed by atoms with E-state index in [0.717, 1.165) is 12.3 Å². The average molecular weight is 222 g/mol. The molecule has 2 saturated carbocycles. The van der Waals surface area contributed by atoms with E-state index in [0.29, 0.717) is 5.92 Å². The summed E-state index contributed by atoms with van der Waals surface area (Å²) in [6.07, 6.45) is 12.5. The van der Waals surface area contributed by atoms with E-state index in [9.17, 15) is 4.79 Å². The summed E-state index contributed by atoms with van der Waals surface area (Å²) >= 11 is 0. The zero-order valence-corrected chi connectivity index (χ0v) is 10.2. The van der Waals surface area contributed by atoms with E-state index < -0.39 is 0 Å². The Kier molecular flexibility index (Phi) is 4.03. The summed E-state index contributed by atoms with van der Waals surface area (Å²) < 4.78 is 5.55. The number of allylic oxidation sites excluding steroid dienone is 1. The molecule has 0 aromatic carbocycles. The molecule has 2 aliphatic carbocycles. The van der Waals surface area contributed by atoms with Crippen molar-refractivity contribution in [3.8, 4) is 0 Å². The van der Waals surface area contributed by atoms with Crippen LogP contribution in [0, 0.1) is 11.8 Å². The van der Waals surface area contributed by atoms with Crippen LogP contribution in [0.25, 0.3) is 0 Å². The standard InChI is InChI=1S/C14H22O2/c1-2-6-14(15)16-13-10-5-9-12(13)11-7-3-4-8-11/h2,6,11-13H,3-5,7-10H2,1H3/b6-2+/t12-,13+/m1/s1. The van der Waals surface area contributed by atoms with Crippen molar-refractivity contribution < 1.29 is 9.53 Å². The predicted octanol–water partition coefficient (Wildman–Crippen LogP) is 3.46. The van der Waals surface area contributed by atoms with Gasteiger partial charge in [0.05, 0.1) is 0 Å². The lowest BCUT2D eigenvalue weighted by Crippen LogP contribution is -2.26. The van der Waals surface area contributed by atoms with Gasteiger partial charge in [0.1, 0.15) is 6.10 Å². The van der Waals surface area contributed by atoms with Gasteiger partial charge in [0.2, 0.25) is 0 Å². The summed E-state index contributed by atoms with van der Waals surface area (Å²) in [6.45, 7) is 1.85. The molecule has 0 aromatic heterocycles. The number of ether oxygens (including phenoxy) is 1. The molecule has 2 aliphatic rings. The van der Waals surface area contributed by atoms with Crippen LogP contribution in [0.4, 0.5) is 0 Å². The molecule has 2 heteroatoms. The second-order valence-corrected chi connectivity index (χ2v) is 5.11. The van der Waals surface area contributed by atoms with Crippen LogP contribution in [0.2, 0.25) is 0 Å². The second kappa shape index (κ2) is 5.51. The molecule has 0 heterocycles. The third kappa shape index (κ3) is 2.66. The monoisotopic (exact) mass is 222 g/mol. The molecule has 0 saturated heterocycles. The van der Waals surface area contributed by atoms with Crippen molar-refractivity contribution in [3.63, 3.8) is 0 Å². The Morgan fingerprint density at radius 1 is 1.12 bits per heavy atom. The van der Waals surface area contributed by atoms with Crippen molar-refractivity contribution >= 4 is 5.97 Å². The summed E-state index contributed by atoms with van der Waals surface area (Å²) in [5.41, 5.74) is 0. The van der Waals surface area contributed by atoms with Crippen molar-refractivity contribution in [3.05, 3.63) is 12.2 Å². The Balaban J connectivity index is 1.89. The van der Waals surface area contributed by atoms with Gasteiger partial charge in [-0.1, -0.05) is 31.8 Å². The number of carbonyl (C=O) groups excluding carboxylic acids is 1. The van der Waals surface area contributed by atoms with E-state index in [4.69, 9.17) is 4.74 Å². The number of esters is 1. The minimum absolute atomic E-state index is 0.155. The molecule has 0 aromatic rings. The minimum atomic E-state index is -0.155. The van der Waals surface area contributed by atoms with Crippen LogP contribution in [0.3, 0.4) is 0 Å². The summed E-state index contributed by atoms with van der Waals surface area (Å²) in [5, 5.41) is 0. The van der Waals surface area contributed by atoms with E-state index in [1.807, 2.05) is 6.92 Å². The first-order valence-electron chi connectivity index (χ1n) is 6.64. The number of hydrogen-bond donors (Lipinski definition) is 0. The van der Waals surface area contributed by atoms with E-state index >= 15 is 0 Å². The third-order valence-electron chi connectivity index (χ3n) is 4.08. The number of hydrogen-bond acceptors (Lipinski definition) is 2.